The maximum atomic E-state index is 12.6. The Kier molecular flexibility index (Phi) is 9.13. The molecule has 0 spiro atoms. The van der Waals surface area contributed by atoms with Crippen LogP contribution in [-0.2, 0) is 17.9 Å². The summed E-state index contributed by atoms with van der Waals surface area (Å²) < 4.78 is 17.4. The van der Waals surface area contributed by atoms with Crippen LogP contribution in [0.3, 0.4) is 0 Å². The zero-order valence-electron chi connectivity index (χ0n) is 19.7. The first-order valence-electron chi connectivity index (χ1n) is 10.6. The largest absolute Gasteiger partial charge is 0.497 e. The van der Waals surface area contributed by atoms with E-state index >= 15 is 0 Å². The molecule has 0 aliphatic rings. The summed E-state index contributed by atoms with van der Waals surface area (Å²) in [6, 6.07) is 12.0. The molecule has 11 heteroatoms. The lowest BCUT2D eigenvalue weighted by Gasteiger charge is -2.11. The van der Waals surface area contributed by atoms with E-state index in [4.69, 9.17) is 14.2 Å². The molecule has 2 amide bonds. The Balaban J connectivity index is 1.62. The van der Waals surface area contributed by atoms with Gasteiger partial charge in [-0.25, -0.2) is 0 Å². The van der Waals surface area contributed by atoms with Crippen molar-refractivity contribution >= 4 is 29.3 Å². The lowest BCUT2D eigenvalue weighted by atomic mass is 10.2. The Morgan fingerprint density at radius 1 is 1.06 bits per heavy atom. The van der Waals surface area contributed by atoms with Crippen molar-refractivity contribution in [3.05, 3.63) is 66.5 Å². The number of allylic oxidation sites excluding steroid dienone is 1. The molecule has 3 aromatic rings. The van der Waals surface area contributed by atoms with Crippen LogP contribution in [0, 0.1) is 0 Å². The predicted molar refractivity (Wildman–Crippen MR) is 133 cm³/mol. The second-order valence-electron chi connectivity index (χ2n) is 7.12. The average molecular weight is 498 g/mol. The summed E-state index contributed by atoms with van der Waals surface area (Å²) in [5.41, 5.74) is 1.06. The summed E-state index contributed by atoms with van der Waals surface area (Å²) in [6.07, 6.45) is 1.70. The van der Waals surface area contributed by atoms with E-state index in [1.165, 1.54) is 26.0 Å². The third-order valence-corrected chi connectivity index (χ3v) is 5.81. The van der Waals surface area contributed by atoms with Crippen LogP contribution in [0.2, 0.25) is 0 Å². The molecule has 0 fully saturated rings. The fourth-order valence-corrected chi connectivity index (χ4v) is 3.90. The number of nitrogens with zero attached hydrogens (tertiary/aromatic N) is 3. The van der Waals surface area contributed by atoms with E-state index < -0.39 is 0 Å². The third kappa shape index (κ3) is 6.76. The minimum Gasteiger partial charge on any atom is -0.497 e. The highest BCUT2D eigenvalue weighted by atomic mass is 32.2. The van der Waals surface area contributed by atoms with Crippen LogP contribution in [-0.4, -0.2) is 53.7 Å². The number of anilines is 1. The number of thioether (sulfide) groups is 1. The SMILES string of the molecule is C=CCn1c(CNC(=O)c2ccc(OC)c(OC)c2)nnc1SCC(=O)Nc1cccc(OC)c1. The number of ether oxygens (including phenoxy) is 3. The van der Waals surface area contributed by atoms with Gasteiger partial charge in [-0.15, -0.1) is 16.8 Å². The van der Waals surface area contributed by atoms with E-state index in [2.05, 4.69) is 27.4 Å². The number of methoxy groups -OCH3 is 3. The normalized spacial score (nSPS) is 10.4. The van der Waals surface area contributed by atoms with Crippen molar-refractivity contribution in [2.75, 3.05) is 32.4 Å². The van der Waals surface area contributed by atoms with Gasteiger partial charge in [-0.1, -0.05) is 23.9 Å². The van der Waals surface area contributed by atoms with Gasteiger partial charge in [0.25, 0.3) is 5.91 Å². The molecule has 0 atom stereocenters. The molecule has 0 aliphatic carbocycles. The standard InChI is InChI=1S/C24H27N5O5S/c1-5-11-29-21(14-25-23(31)16-9-10-19(33-3)20(12-16)34-4)27-28-24(29)35-15-22(30)26-17-7-6-8-18(13-17)32-2/h5-10,12-13H,1,11,14-15H2,2-4H3,(H,25,31)(H,26,30). The van der Waals surface area contributed by atoms with Gasteiger partial charge in [-0.2, -0.15) is 0 Å². The summed E-state index contributed by atoms with van der Waals surface area (Å²) in [4.78, 5) is 25.0. The monoisotopic (exact) mass is 497 g/mol. The van der Waals surface area contributed by atoms with Crippen LogP contribution in [0.25, 0.3) is 0 Å². The minimum absolute atomic E-state index is 0.129. The number of amides is 2. The van der Waals surface area contributed by atoms with Crippen LogP contribution in [0.15, 0.2) is 60.3 Å². The van der Waals surface area contributed by atoms with Gasteiger partial charge in [0.1, 0.15) is 5.75 Å². The smallest absolute Gasteiger partial charge is 0.251 e. The Hall–Kier alpha value is -3.99. The molecule has 0 unspecified atom stereocenters. The van der Waals surface area contributed by atoms with Crippen LogP contribution >= 0.6 is 11.8 Å². The Labute approximate surface area is 207 Å². The quantitative estimate of drug-likeness (QED) is 0.290. The van der Waals surface area contributed by atoms with Gasteiger partial charge in [-0.05, 0) is 30.3 Å². The van der Waals surface area contributed by atoms with Crippen molar-refractivity contribution in [1.29, 1.82) is 0 Å². The van der Waals surface area contributed by atoms with Crippen molar-refractivity contribution in [2.24, 2.45) is 0 Å². The highest BCUT2D eigenvalue weighted by Crippen LogP contribution is 2.27. The summed E-state index contributed by atoms with van der Waals surface area (Å²) in [6.45, 7) is 4.34. The topological polar surface area (TPSA) is 117 Å². The first-order valence-corrected chi connectivity index (χ1v) is 11.6. The third-order valence-electron chi connectivity index (χ3n) is 4.84. The van der Waals surface area contributed by atoms with Crippen LogP contribution in [0.4, 0.5) is 5.69 Å². The molecule has 3 rings (SSSR count). The van der Waals surface area contributed by atoms with E-state index in [1.807, 2.05) is 0 Å². The highest BCUT2D eigenvalue weighted by Gasteiger charge is 2.16. The van der Waals surface area contributed by atoms with Gasteiger partial charge in [0, 0.05) is 23.9 Å². The lowest BCUT2D eigenvalue weighted by molar-refractivity contribution is -0.113. The van der Waals surface area contributed by atoms with Crippen molar-refractivity contribution in [3.8, 4) is 17.2 Å². The van der Waals surface area contributed by atoms with E-state index in [0.717, 1.165) is 0 Å². The molecule has 1 heterocycles. The number of hydrogen-bond acceptors (Lipinski definition) is 8. The number of carbonyl (C=O) groups excluding carboxylic acids is 2. The number of benzene rings is 2. The molecule has 10 nitrogen and oxygen atoms in total. The Morgan fingerprint density at radius 2 is 1.86 bits per heavy atom. The maximum Gasteiger partial charge on any atom is 0.251 e. The number of aromatic nitrogens is 3. The molecule has 2 aromatic carbocycles. The van der Waals surface area contributed by atoms with Gasteiger partial charge < -0.3 is 29.4 Å². The van der Waals surface area contributed by atoms with Crippen LogP contribution < -0.4 is 24.8 Å². The van der Waals surface area contributed by atoms with Crippen LogP contribution in [0.5, 0.6) is 17.2 Å². The zero-order chi connectivity index (χ0) is 25.2. The molecule has 184 valence electrons. The minimum atomic E-state index is -0.300. The van der Waals surface area contributed by atoms with Gasteiger partial charge in [0.2, 0.25) is 5.91 Å². The molecular weight excluding hydrogens is 470 g/mol. The van der Waals surface area contributed by atoms with Crippen molar-refractivity contribution in [2.45, 2.75) is 18.2 Å². The molecular formula is C24H27N5O5S. The molecule has 2 N–H and O–H groups in total. The van der Waals surface area contributed by atoms with E-state index in [-0.39, 0.29) is 24.1 Å². The molecule has 35 heavy (non-hydrogen) atoms. The second kappa shape index (κ2) is 12.5. The van der Waals surface area contributed by atoms with E-state index in [1.54, 1.807) is 60.2 Å². The van der Waals surface area contributed by atoms with Gasteiger partial charge in [-0.3, -0.25) is 9.59 Å². The number of rotatable bonds is 12. The van der Waals surface area contributed by atoms with Gasteiger partial charge >= 0.3 is 0 Å². The van der Waals surface area contributed by atoms with Crippen LogP contribution in [0.1, 0.15) is 16.2 Å². The second-order valence-corrected chi connectivity index (χ2v) is 8.06. The van der Waals surface area contributed by atoms with Crippen molar-refractivity contribution in [1.82, 2.24) is 20.1 Å². The maximum absolute atomic E-state index is 12.6. The summed E-state index contributed by atoms with van der Waals surface area (Å²) in [7, 11) is 4.60. The van der Waals surface area contributed by atoms with Crippen molar-refractivity contribution < 1.29 is 23.8 Å². The molecule has 0 saturated heterocycles. The fraction of sp³-hybridized carbons (Fsp3) is 0.250. The highest BCUT2D eigenvalue weighted by molar-refractivity contribution is 7.99. The summed E-state index contributed by atoms with van der Waals surface area (Å²) in [5.74, 6) is 1.82. The first-order chi connectivity index (χ1) is 17.0. The fourth-order valence-electron chi connectivity index (χ4n) is 3.14. The molecule has 0 aliphatic heterocycles. The molecule has 0 saturated carbocycles. The van der Waals surface area contributed by atoms with E-state index in [0.29, 0.717) is 46.0 Å². The lowest BCUT2D eigenvalue weighted by Crippen LogP contribution is -2.25. The number of hydrogen-bond donors (Lipinski definition) is 2. The number of nitrogens with one attached hydrogen (secondary N) is 2. The van der Waals surface area contributed by atoms with E-state index in [9.17, 15) is 9.59 Å². The Bertz CT molecular complexity index is 1200. The predicted octanol–water partition coefficient (Wildman–Crippen LogP) is 3.15. The number of carbonyl (C=O) groups is 2. The first kappa shape index (κ1) is 25.6. The zero-order valence-corrected chi connectivity index (χ0v) is 20.6. The molecule has 1 aromatic heterocycles. The van der Waals surface area contributed by atoms with Gasteiger partial charge in [0.05, 0.1) is 33.6 Å². The summed E-state index contributed by atoms with van der Waals surface area (Å²) in [5, 5.41) is 14.6. The molecule has 0 radical (unpaired) electrons. The molecule has 0 bridgehead atoms. The van der Waals surface area contributed by atoms with Crippen molar-refractivity contribution in [3.63, 3.8) is 0 Å². The summed E-state index contributed by atoms with van der Waals surface area (Å²) >= 11 is 1.24. The average Bonchev–Trinajstić information content (AvgIpc) is 3.27. The Morgan fingerprint density at radius 3 is 2.57 bits per heavy atom. The van der Waals surface area contributed by atoms with Gasteiger partial charge in [0.15, 0.2) is 22.5 Å².